The quantitative estimate of drug-likeness (QED) is 0.658. The number of hydrogen-bond donors (Lipinski definition) is 2. The van der Waals surface area contributed by atoms with E-state index in [1.54, 1.807) is 0 Å². The maximum absolute atomic E-state index is 13.6. The smallest absolute Gasteiger partial charge is 0.435 e. The van der Waals surface area contributed by atoms with Gasteiger partial charge in [0.25, 0.3) is 0 Å². The second kappa shape index (κ2) is 7.90. The number of methoxy groups -OCH3 is 1. The number of aliphatic hydroxyl groups is 1. The number of ether oxygens (including phenoxy) is 2. The van der Waals surface area contributed by atoms with Crippen LogP contribution in [-0.2, 0) is 28.9 Å². The molecule has 1 amide bonds. The molecule has 2 saturated heterocycles. The fraction of sp³-hybridized carbons (Fsp3) is 0.500. The molecule has 5 atom stereocenters. The molecule has 13 heteroatoms. The Morgan fingerprint density at radius 3 is 2.55 bits per heavy atom. The van der Waals surface area contributed by atoms with Gasteiger partial charge >= 0.3 is 12.4 Å². The van der Waals surface area contributed by atoms with Crippen molar-refractivity contribution in [1.29, 1.82) is 0 Å². The number of hydrogen-bond acceptors (Lipinski definition) is 5. The van der Waals surface area contributed by atoms with Crippen molar-refractivity contribution in [3.8, 4) is 5.75 Å². The van der Waals surface area contributed by atoms with Crippen LogP contribution in [0.5, 0.6) is 5.75 Å². The summed E-state index contributed by atoms with van der Waals surface area (Å²) in [5, 5.41) is 16.0. The zero-order valence-electron chi connectivity index (χ0n) is 17.2. The van der Waals surface area contributed by atoms with E-state index in [2.05, 4.69) is 10.4 Å². The van der Waals surface area contributed by atoms with Crippen LogP contribution in [0.2, 0.25) is 0 Å². The highest BCUT2D eigenvalue weighted by atomic mass is 19.4. The highest BCUT2D eigenvalue weighted by molar-refractivity contribution is 5.95. The normalized spacial score (nSPS) is 27.1. The monoisotopic (exact) mass is 479 g/mol. The van der Waals surface area contributed by atoms with E-state index in [4.69, 9.17) is 9.47 Å². The van der Waals surface area contributed by atoms with Crippen LogP contribution in [0, 0.1) is 5.92 Å². The minimum atomic E-state index is -4.82. The summed E-state index contributed by atoms with van der Waals surface area (Å²) in [7, 11) is 2.48. The fourth-order valence-electron chi connectivity index (χ4n) is 4.58. The number of nitrogens with one attached hydrogen (secondary N) is 1. The lowest BCUT2D eigenvalue weighted by atomic mass is 9.73. The molecule has 2 aliphatic rings. The van der Waals surface area contributed by atoms with E-state index in [0.717, 1.165) is 23.0 Å². The molecule has 2 aliphatic heterocycles. The average Bonchev–Trinajstić information content (AvgIpc) is 3.38. The minimum absolute atomic E-state index is 0.000588. The summed E-state index contributed by atoms with van der Waals surface area (Å²) in [6, 6.07) is 2.49. The molecule has 5 unspecified atom stereocenters. The number of alkyl halides is 6. The number of halogens is 6. The Balaban J connectivity index is 1.71. The van der Waals surface area contributed by atoms with Gasteiger partial charge in [0.15, 0.2) is 5.69 Å². The van der Waals surface area contributed by atoms with Gasteiger partial charge in [-0.05, 0) is 18.2 Å². The number of fused-ring (bicyclic) bond motifs is 2. The second-order valence-electron chi connectivity index (χ2n) is 8.00. The summed E-state index contributed by atoms with van der Waals surface area (Å²) in [4.78, 5) is 13.2. The van der Waals surface area contributed by atoms with Crippen molar-refractivity contribution in [2.24, 2.45) is 13.0 Å². The number of aromatic nitrogens is 2. The Morgan fingerprint density at radius 1 is 1.24 bits per heavy atom. The third-order valence-corrected chi connectivity index (χ3v) is 5.90. The van der Waals surface area contributed by atoms with E-state index < -0.39 is 59.7 Å². The van der Waals surface area contributed by atoms with E-state index in [1.807, 2.05) is 0 Å². The molecule has 1 aromatic heterocycles. The van der Waals surface area contributed by atoms with E-state index in [0.29, 0.717) is 6.07 Å². The molecule has 1 aromatic carbocycles. The van der Waals surface area contributed by atoms with Gasteiger partial charge in [-0.3, -0.25) is 9.48 Å². The highest BCUT2D eigenvalue weighted by Gasteiger charge is 2.59. The lowest BCUT2D eigenvalue weighted by molar-refractivity contribution is -0.143. The molecular weight excluding hydrogens is 460 g/mol. The van der Waals surface area contributed by atoms with E-state index in [1.165, 1.54) is 14.2 Å². The van der Waals surface area contributed by atoms with Crippen molar-refractivity contribution in [3.63, 3.8) is 0 Å². The van der Waals surface area contributed by atoms with Crippen molar-refractivity contribution in [3.05, 3.63) is 41.2 Å². The number of nitrogens with zero attached hydrogens (tertiary/aromatic N) is 2. The minimum Gasteiger partial charge on any atom is -0.495 e. The van der Waals surface area contributed by atoms with Crippen LogP contribution in [0.3, 0.4) is 0 Å². The third kappa shape index (κ3) is 4.14. The van der Waals surface area contributed by atoms with Gasteiger partial charge in [-0.1, -0.05) is 0 Å². The summed E-state index contributed by atoms with van der Waals surface area (Å²) in [5.41, 5.74) is -2.87. The zero-order chi connectivity index (χ0) is 24.3. The topological polar surface area (TPSA) is 85.6 Å². The van der Waals surface area contributed by atoms with E-state index >= 15 is 0 Å². The van der Waals surface area contributed by atoms with E-state index in [-0.39, 0.29) is 23.4 Å². The predicted molar refractivity (Wildman–Crippen MR) is 100 cm³/mol. The van der Waals surface area contributed by atoms with Gasteiger partial charge in [0.05, 0.1) is 42.6 Å². The standard InChI is InChI=1S/C20H19F6N3O4/c1-29-7-9(17(28-29)20(24,25)26)14-15(13-6-11(30)16(14)33-13)18(31)27-10-5-8(19(21,22)23)3-4-12(10)32-2/h3-5,7,11,13-16,30H,6H2,1-2H3,(H,27,31). The number of amides is 1. The zero-order valence-corrected chi connectivity index (χ0v) is 17.2. The van der Waals surface area contributed by atoms with Crippen molar-refractivity contribution >= 4 is 11.6 Å². The van der Waals surface area contributed by atoms with Gasteiger partial charge in [0, 0.05) is 31.1 Å². The van der Waals surface area contributed by atoms with Crippen molar-refractivity contribution < 1.29 is 45.7 Å². The van der Waals surface area contributed by atoms with Crippen molar-refractivity contribution in [2.45, 2.75) is 43.0 Å². The molecule has 33 heavy (non-hydrogen) atoms. The number of anilines is 1. The first-order valence-electron chi connectivity index (χ1n) is 9.81. The average molecular weight is 479 g/mol. The van der Waals surface area contributed by atoms with Gasteiger partial charge < -0.3 is 19.9 Å². The summed E-state index contributed by atoms with van der Waals surface area (Å²) < 4.78 is 91.7. The van der Waals surface area contributed by atoms with Crippen LogP contribution in [0.25, 0.3) is 0 Å². The summed E-state index contributed by atoms with van der Waals surface area (Å²) in [6.45, 7) is 0. The van der Waals surface area contributed by atoms with Crippen LogP contribution < -0.4 is 10.1 Å². The highest BCUT2D eigenvalue weighted by Crippen LogP contribution is 2.51. The maximum atomic E-state index is 13.6. The number of carbonyl (C=O) groups excluding carboxylic acids is 1. The summed E-state index contributed by atoms with van der Waals surface area (Å²) in [6.07, 6.45) is -11.5. The molecule has 0 radical (unpaired) electrons. The molecule has 3 heterocycles. The first-order valence-corrected chi connectivity index (χ1v) is 9.81. The van der Waals surface area contributed by atoms with Gasteiger partial charge in [0.1, 0.15) is 5.75 Å². The first-order chi connectivity index (χ1) is 15.3. The molecule has 2 N–H and O–H groups in total. The molecule has 0 saturated carbocycles. The first kappa shape index (κ1) is 23.4. The van der Waals surface area contributed by atoms with Crippen LogP contribution in [0.1, 0.15) is 29.2 Å². The number of carbonyl (C=O) groups is 1. The molecule has 2 aromatic rings. The van der Waals surface area contributed by atoms with Gasteiger partial charge in [-0.2, -0.15) is 31.4 Å². The lowest BCUT2D eigenvalue weighted by Crippen LogP contribution is -2.41. The van der Waals surface area contributed by atoms with Gasteiger partial charge in [0.2, 0.25) is 5.91 Å². The summed E-state index contributed by atoms with van der Waals surface area (Å²) >= 11 is 0. The molecule has 4 rings (SSSR count). The fourth-order valence-corrected chi connectivity index (χ4v) is 4.58. The Labute approximate surface area is 183 Å². The molecule has 7 nitrogen and oxygen atoms in total. The Hall–Kier alpha value is -2.80. The van der Waals surface area contributed by atoms with E-state index in [9.17, 15) is 36.2 Å². The molecular formula is C20H19F6N3O4. The van der Waals surface area contributed by atoms with Crippen LogP contribution in [-0.4, -0.2) is 46.2 Å². The summed E-state index contributed by atoms with van der Waals surface area (Å²) in [5.74, 6) is -3.33. The number of rotatable bonds is 4. The molecule has 180 valence electrons. The third-order valence-electron chi connectivity index (χ3n) is 5.90. The van der Waals surface area contributed by atoms with Crippen LogP contribution in [0.15, 0.2) is 24.4 Å². The Bertz CT molecular complexity index is 1070. The lowest BCUT2D eigenvalue weighted by Gasteiger charge is -2.30. The molecule has 2 fully saturated rings. The van der Waals surface area contributed by atoms with Gasteiger partial charge in [-0.15, -0.1) is 0 Å². The number of benzene rings is 1. The van der Waals surface area contributed by atoms with Crippen molar-refractivity contribution in [1.82, 2.24) is 9.78 Å². The predicted octanol–water partition coefficient (Wildman–Crippen LogP) is 3.34. The Kier molecular flexibility index (Phi) is 5.60. The largest absolute Gasteiger partial charge is 0.495 e. The van der Waals surface area contributed by atoms with Crippen LogP contribution in [0.4, 0.5) is 32.0 Å². The van der Waals surface area contributed by atoms with Crippen molar-refractivity contribution in [2.75, 3.05) is 12.4 Å². The molecule has 0 aliphatic carbocycles. The second-order valence-corrected chi connectivity index (χ2v) is 8.00. The Morgan fingerprint density at radius 2 is 1.94 bits per heavy atom. The number of aryl methyl sites for hydroxylation is 1. The maximum Gasteiger partial charge on any atom is 0.435 e. The number of aliphatic hydroxyl groups excluding tert-OH is 1. The SMILES string of the molecule is COc1ccc(C(F)(F)F)cc1NC(=O)C1C2CC(O)C(O2)C1c1cn(C)nc1C(F)(F)F. The van der Waals surface area contributed by atoms with Gasteiger partial charge in [-0.25, -0.2) is 0 Å². The van der Waals surface area contributed by atoms with Crippen LogP contribution >= 0.6 is 0 Å². The molecule has 0 spiro atoms. The molecule has 2 bridgehead atoms.